The van der Waals surface area contributed by atoms with Gasteiger partial charge in [0, 0.05) is 50.9 Å². The zero-order chi connectivity index (χ0) is 18.8. The van der Waals surface area contributed by atoms with E-state index >= 15 is 0 Å². The number of amides is 1. The van der Waals surface area contributed by atoms with Gasteiger partial charge in [-0.05, 0) is 38.2 Å². The van der Waals surface area contributed by atoms with Crippen molar-refractivity contribution in [3.63, 3.8) is 0 Å². The Labute approximate surface area is 158 Å². The number of aromatic amines is 1. The van der Waals surface area contributed by atoms with E-state index in [0.29, 0.717) is 25.1 Å². The molecule has 1 aliphatic carbocycles. The van der Waals surface area contributed by atoms with Crippen molar-refractivity contribution in [2.75, 3.05) is 20.8 Å². The van der Waals surface area contributed by atoms with Crippen LogP contribution < -0.4 is 0 Å². The molecule has 7 nitrogen and oxygen atoms in total. The maximum Gasteiger partial charge on any atom is 0.222 e. The van der Waals surface area contributed by atoms with Gasteiger partial charge in [-0.25, -0.2) is 9.97 Å². The monoisotopic (exact) mass is 369 g/mol. The standard InChI is InChI=1S/C20H27N5O2/c1-24(18(26)4-3-11-27-2)14-5-7-15(8-6-14)25-13-23-17-12-22-20-16(19(17)25)9-10-21-20/h9-10,12-15H,3-8,11H2,1-2H3,(H,21,22). The molecule has 27 heavy (non-hydrogen) atoms. The van der Waals surface area contributed by atoms with E-state index in [1.807, 2.05) is 30.7 Å². The van der Waals surface area contributed by atoms with E-state index < -0.39 is 0 Å². The topological polar surface area (TPSA) is 76.0 Å². The summed E-state index contributed by atoms with van der Waals surface area (Å²) in [5.74, 6) is 0.226. The SMILES string of the molecule is COCCCC(=O)N(C)C1CCC(n2cnc3cnc4[nH]ccc4c32)CC1. The Bertz CT molecular complexity index is 923. The molecule has 7 heteroatoms. The fourth-order valence-electron chi connectivity index (χ4n) is 4.28. The zero-order valence-electron chi connectivity index (χ0n) is 16.0. The fourth-order valence-corrected chi connectivity index (χ4v) is 4.28. The van der Waals surface area contributed by atoms with E-state index in [0.717, 1.165) is 54.2 Å². The number of carbonyl (C=O) groups is 1. The highest BCUT2D eigenvalue weighted by Gasteiger charge is 2.28. The molecule has 0 unspecified atom stereocenters. The van der Waals surface area contributed by atoms with Crippen LogP contribution in [0.5, 0.6) is 0 Å². The highest BCUT2D eigenvalue weighted by atomic mass is 16.5. The van der Waals surface area contributed by atoms with Crippen LogP contribution in [0.2, 0.25) is 0 Å². The van der Waals surface area contributed by atoms with Gasteiger partial charge >= 0.3 is 0 Å². The van der Waals surface area contributed by atoms with Crippen molar-refractivity contribution in [2.45, 2.75) is 50.6 Å². The van der Waals surface area contributed by atoms with E-state index in [-0.39, 0.29) is 5.91 Å². The Morgan fingerprint density at radius 2 is 2.15 bits per heavy atom. The number of rotatable bonds is 6. The summed E-state index contributed by atoms with van der Waals surface area (Å²) in [6.07, 6.45) is 11.2. The van der Waals surface area contributed by atoms with Crippen LogP contribution in [0, 0.1) is 0 Å². The number of methoxy groups -OCH3 is 1. The van der Waals surface area contributed by atoms with Crippen molar-refractivity contribution in [1.29, 1.82) is 0 Å². The van der Waals surface area contributed by atoms with Crippen LogP contribution in [0.15, 0.2) is 24.8 Å². The largest absolute Gasteiger partial charge is 0.385 e. The first-order chi connectivity index (χ1) is 13.2. The minimum Gasteiger partial charge on any atom is -0.385 e. The van der Waals surface area contributed by atoms with Gasteiger partial charge in [-0.1, -0.05) is 0 Å². The number of nitrogens with zero attached hydrogens (tertiary/aromatic N) is 4. The average molecular weight is 369 g/mol. The number of hydrogen-bond acceptors (Lipinski definition) is 4. The minimum atomic E-state index is 0.226. The van der Waals surface area contributed by atoms with Crippen molar-refractivity contribution in [3.05, 3.63) is 24.8 Å². The van der Waals surface area contributed by atoms with Crippen molar-refractivity contribution >= 4 is 28.0 Å². The summed E-state index contributed by atoms with van der Waals surface area (Å²) >= 11 is 0. The molecule has 3 aromatic heterocycles. The van der Waals surface area contributed by atoms with Crippen LogP contribution in [0.3, 0.4) is 0 Å². The predicted octanol–water partition coefficient (Wildman–Crippen LogP) is 3.28. The van der Waals surface area contributed by atoms with Crippen LogP contribution in [0.4, 0.5) is 0 Å². The van der Waals surface area contributed by atoms with Crippen LogP contribution in [0.1, 0.15) is 44.6 Å². The van der Waals surface area contributed by atoms with Gasteiger partial charge in [0.2, 0.25) is 5.91 Å². The Balaban J connectivity index is 1.44. The van der Waals surface area contributed by atoms with Gasteiger partial charge in [-0.3, -0.25) is 4.79 Å². The molecule has 0 spiro atoms. The Morgan fingerprint density at radius 3 is 2.93 bits per heavy atom. The second-order valence-corrected chi connectivity index (χ2v) is 7.45. The summed E-state index contributed by atoms with van der Waals surface area (Å²) in [6, 6.07) is 2.82. The van der Waals surface area contributed by atoms with Gasteiger partial charge in [0.15, 0.2) is 0 Å². The number of ether oxygens (including phenoxy) is 1. The van der Waals surface area contributed by atoms with Gasteiger partial charge in [0.05, 0.1) is 18.0 Å². The van der Waals surface area contributed by atoms with Crippen molar-refractivity contribution in [1.82, 2.24) is 24.4 Å². The third kappa shape index (κ3) is 3.43. The molecule has 0 aromatic carbocycles. The average Bonchev–Trinajstić information content (AvgIpc) is 3.33. The predicted molar refractivity (Wildman–Crippen MR) is 105 cm³/mol. The first-order valence-electron chi connectivity index (χ1n) is 9.72. The first kappa shape index (κ1) is 18.0. The van der Waals surface area contributed by atoms with Gasteiger partial charge in [0.1, 0.15) is 11.2 Å². The van der Waals surface area contributed by atoms with Crippen molar-refractivity contribution in [3.8, 4) is 0 Å². The molecule has 3 aromatic rings. The molecule has 0 atom stereocenters. The summed E-state index contributed by atoms with van der Waals surface area (Å²) in [5.41, 5.74) is 3.00. The molecule has 1 N–H and O–H groups in total. The number of nitrogens with one attached hydrogen (secondary N) is 1. The van der Waals surface area contributed by atoms with Gasteiger partial charge < -0.3 is 19.2 Å². The third-order valence-corrected chi connectivity index (χ3v) is 5.86. The molecule has 0 bridgehead atoms. The summed E-state index contributed by atoms with van der Waals surface area (Å²) in [7, 11) is 3.62. The molecule has 4 rings (SSSR count). The smallest absolute Gasteiger partial charge is 0.222 e. The van der Waals surface area contributed by atoms with Crippen molar-refractivity contribution < 1.29 is 9.53 Å². The molecular formula is C20H27N5O2. The molecule has 0 aliphatic heterocycles. The van der Waals surface area contributed by atoms with Gasteiger partial charge in [-0.15, -0.1) is 0 Å². The highest BCUT2D eigenvalue weighted by molar-refractivity contribution is 6.00. The molecule has 1 fully saturated rings. The molecular weight excluding hydrogens is 342 g/mol. The molecule has 1 saturated carbocycles. The number of H-pyrrole nitrogens is 1. The summed E-state index contributed by atoms with van der Waals surface area (Å²) in [5, 5.41) is 1.12. The quantitative estimate of drug-likeness (QED) is 0.677. The number of carbonyl (C=O) groups excluding carboxylic acids is 1. The lowest BCUT2D eigenvalue weighted by molar-refractivity contribution is -0.133. The van der Waals surface area contributed by atoms with Gasteiger partial charge in [-0.2, -0.15) is 0 Å². The van der Waals surface area contributed by atoms with Crippen LogP contribution in [-0.2, 0) is 9.53 Å². The second kappa shape index (κ2) is 7.68. The number of fused-ring (bicyclic) bond motifs is 3. The van der Waals surface area contributed by atoms with Crippen LogP contribution >= 0.6 is 0 Å². The zero-order valence-corrected chi connectivity index (χ0v) is 16.0. The van der Waals surface area contributed by atoms with Crippen LogP contribution in [-0.4, -0.2) is 57.1 Å². The van der Waals surface area contributed by atoms with Gasteiger partial charge in [0.25, 0.3) is 0 Å². The Hall–Kier alpha value is -2.41. The lowest BCUT2D eigenvalue weighted by Crippen LogP contribution is -2.39. The molecule has 144 valence electrons. The Morgan fingerprint density at radius 1 is 1.33 bits per heavy atom. The molecule has 0 radical (unpaired) electrons. The lowest BCUT2D eigenvalue weighted by Gasteiger charge is -2.35. The minimum absolute atomic E-state index is 0.226. The van der Waals surface area contributed by atoms with E-state index in [2.05, 4.69) is 25.6 Å². The summed E-state index contributed by atoms with van der Waals surface area (Å²) in [4.78, 5) is 26.5. The number of hydrogen-bond donors (Lipinski definition) is 1. The normalized spacial score (nSPS) is 20.4. The first-order valence-corrected chi connectivity index (χ1v) is 9.72. The molecule has 1 aliphatic rings. The fraction of sp³-hybridized carbons (Fsp3) is 0.550. The number of aromatic nitrogens is 4. The number of pyridine rings is 1. The lowest BCUT2D eigenvalue weighted by atomic mass is 9.90. The Kier molecular flexibility index (Phi) is 5.11. The van der Waals surface area contributed by atoms with Crippen LogP contribution in [0.25, 0.3) is 22.1 Å². The molecule has 1 amide bonds. The second-order valence-electron chi connectivity index (χ2n) is 7.45. The maximum atomic E-state index is 12.4. The summed E-state index contributed by atoms with van der Waals surface area (Å²) in [6.45, 7) is 0.641. The summed E-state index contributed by atoms with van der Waals surface area (Å²) < 4.78 is 7.36. The van der Waals surface area contributed by atoms with Crippen molar-refractivity contribution in [2.24, 2.45) is 0 Å². The molecule has 0 saturated heterocycles. The maximum absolute atomic E-state index is 12.4. The number of imidazole rings is 1. The van der Waals surface area contributed by atoms with E-state index in [4.69, 9.17) is 4.74 Å². The van der Waals surface area contributed by atoms with E-state index in [9.17, 15) is 4.79 Å². The van der Waals surface area contributed by atoms with E-state index in [1.165, 1.54) is 0 Å². The van der Waals surface area contributed by atoms with E-state index in [1.54, 1.807) is 7.11 Å². The third-order valence-electron chi connectivity index (χ3n) is 5.86. The molecule has 3 heterocycles. The highest BCUT2D eigenvalue weighted by Crippen LogP contribution is 2.34.